The predicted octanol–water partition coefficient (Wildman–Crippen LogP) is 5.94. The highest BCUT2D eigenvalue weighted by Crippen LogP contribution is 2.25. The molecule has 0 radical (unpaired) electrons. The van der Waals surface area contributed by atoms with Gasteiger partial charge in [0.25, 0.3) is 0 Å². The maximum Gasteiger partial charge on any atom is 0.673 e. The molecular formula is C16H32BF4N. The molecule has 6 heteroatoms. The zero-order valence-corrected chi connectivity index (χ0v) is 14.6. The lowest BCUT2D eigenvalue weighted by atomic mass is 9.84. The van der Waals surface area contributed by atoms with E-state index in [0.717, 1.165) is 12.0 Å². The second-order valence-corrected chi connectivity index (χ2v) is 6.14. The molecule has 1 nitrogen and oxygen atoms in total. The summed E-state index contributed by atoms with van der Waals surface area (Å²) in [6, 6.07) is 0.740. The first-order chi connectivity index (χ1) is 10.2. The number of rotatable bonds is 6. The van der Waals surface area contributed by atoms with E-state index in [1.165, 1.54) is 57.9 Å². The number of hydrogen-bond donors (Lipinski definition) is 0. The molecule has 0 aromatic heterocycles. The number of halogens is 4. The zero-order valence-electron chi connectivity index (χ0n) is 14.6. The van der Waals surface area contributed by atoms with Gasteiger partial charge in [-0.25, -0.2) is 4.58 Å². The van der Waals surface area contributed by atoms with Gasteiger partial charge in [0.1, 0.15) is 12.6 Å². The van der Waals surface area contributed by atoms with Crippen LogP contribution in [0.3, 0.4) is 0 Å². The van der Waals surface area contributed by atoms with Crippen LogP contribution in [0.25, 0.3) is 0 Å². The van der Waals surface area contributed by atoms with Crippen LogP contribution in [0.15, 0.2) is 0 Å². The van der Waals surface area contributed by atoms with Gasteiger partial charge < -0.3 is 17.3 Å². The molecular weight excluding hydrogens is 293 g/mol. The van der Waals surface area contributed by atoms with Gasteiger partial charge in [-0.05, 0) is 26.2 Å². The molecule has 132 valence electrons. The second-order valence-electron chi connectivity index (χ2n) is 6.14. The molecule has 0 aromatic rings. The van der Waals surface area contributed by atoms with E-state index >= 15 is 0 Å². The van der Waals surface area contributed by atoms with E-state index in [1.807, 2.05) is 0 Å². The van der Waals surface area contributed by atoms with Gasteiger partial charge in [-0.1, -0.05) is 33.6 Å². The summed E-state index contributed by atoms with van der Waals surface area (Å²) in [6.07, 6.45) is 11.0. The topological polar surface area (TPSA) is 3.01 Å². The van der Waals surface area contributed by atoms with Crippen molar-refractivity contribution in [1.82, 2.24) is 0 Å². The van der Waals surface area contributed by atoms with Crippen LogP contribution in [0.4, 0.5) is 17.3 Å². The lowest BCUT2D eigenvalue weighted by Gasteiger charge is -2.24. The second kappa shape index (κ2) is 11.1. The molecule has 1 aliphatic rings. The van der Waals surface area contributed by atoms with E-state index in [2.05, 4.69) is 32.3 Å². The first-order valence-electron chi connectivity index (χ1n) is 8.74. The number of hydrogen-bond acceptors (Lipinski definition) is 0. The van der Waals surface area contributed by atoms with Gasteiger partial charge in [-0.2, -0.15) is 0 Å². The Morgan fingerprint density at radius 2 is 1.73 bits per heavy atom. The predicted molar refractivity (Wildman–Crippen MR) is 87.2 cm³/mol. The van der Waals surface area contributed by atoms with E-state index in [4.69, 9.17) is 0 Å². The SMILES string of the molecule is CCCC[N+](=C1CCCCC1CC)C(C)CC.F[B-](F)(F)F. The van der Waals surface area contributed by atoms with E-state index < -0.39 is 7.25 Å². The highest BCUT2D eigenvalue weighted by molar-refractivity contribution is 6.50. The molecule has 0 N–H and O–H groups in total. The Morgan fingerprint density at radius 1 is 1.14 bits per heavy atom. The summed E-state index contributed by atoms with van der Waals surface area (Å²) in [6.45, 7) is 10.7. The van der Waals surface area contributed by atoms with Gasteiger partial charge in [0.05, 0.1) is 0 Å². The van der Waals surface area contributed by atoms with E-state index in [9.17, 15) is 17.3 Å². The van der Waals surface area contributed by atoms with Gasteiger partial charge in [0, 0.05) is 25.2 Å². The minimum atomic E-state index is -6.00. The Morgan fingerprint density at radius 3 is 2.18 bits per heavy atom. The molecule has 0 bridgehead atoms. The van der Waals surface area contributed by atoms with Crippen molar-refractivity contribution in [3.63, 3.8) is 0 Å². The van der Waals surface area contributed by atoms with E-state index in [0.29, 0.717) is 0 Å². The lowest BCUT2D eigenvalue weighted by Crippen LogP contribution is -2.36. The van der Waals surface area contributed by atoms with Gasteiger partial charge in [0.15, 0.2) is 5.71 Å². The highest BCUT2D eigenvalue weighted by Gasteiger charge is 2.28. The van der Waals surface area contributed by atoms with Crippen molar-refractivity contribution in [1.29, 1.82) is 0 Å². The Hall–Kier alpha value is -0.545. The van der Waals surface area contributed by atoms with Crippen molar-refractivity contribution >= 4 is 13.0 Å². The van der Waals surface area contributed by atoms with E-state index in [1.54, 1.807) is 5.71 Å². The maximum atomic E-state index is 9.75. The van der Waals surface area contributed by atoms with Crippen LogP contribution in [0, 0.1) is 5.92 Å². The molecule has 0 heterocycles. The molecule has 2 unspecified atom stereocenters. The van der Waals surface area contributed by atoms with Crippen molar-refractivity contribution in [3.05, 3.63) is 0 Å². The molecule has 0 aliphatic heterocycles. The monoisotopic (exact) mass is 325 g/mol. The third-order valence-electron chi connectivity index (χ3n) is 4.44. The van der Waals surface area contributed by atoms with Crippen LogP contribution in [-0.2, 0) is 0 Å². The Balaban J connectivity index is 0.000000763. The van der Waals surface area contributed by atoms with Gasteiger partial charge >= 0.3 is 7.25 Å². The van der Waals surface area contributed by atoms with Crippen molar-refractivity contribution in [2.75, 3.05) is 6.54 Å². The summed E-state index contributed by atoms with van der Waals surface area (Å²) < 4.78 is 41.8. The van der Waals surface area contributed by atoms with Crippen molar-refractivity contribution in [2.45, 2.75) is 85.1 Å². The van der Waals surface area contributed by atoms with Crippen LogP contribution in [0.1, 0.15) is 79.1 Å². The summed E-state index contributed by atoms with van der Waals surface area (Å²) in [5.74, 6) is 0.884. The molecule has 0 saturated heterocycles. The molecule has 2 atom stereocenters. The average Bonchev–Trinajstić information content (AvgIpc) is 2.46. The normalized spacial score (nSPS) is 22.6. The fourth-order valence-electron chi connectivity index (χ4n) is 3.08. The summed E-state index contributed by atoms with van der Waals surface area (Å²) in [5, 5.41) is 0. The fourth-order valence-corrected chi connectivity index (χ4v) is 3.08. The zero-order chi connectivity index (χ0) is 17.2. The summed E-state index contributed by atoms with van der Waals surface area (Å²) >= 11 is 0. The fraction of sp³-hybridized carbons (Fsp3) is 0.938. The quantitative estimate of drug-likeness (QED) is 0.323. The molecule has 1 rings (SSSR count). The minimum Gasteiger partial charge on any atom is -0.418 e. The van der Waals surface area contributed by atoms with Crippen molar-refractivity contribution in [3.8, 4) is 0 Å². The Labute approximate surface area is 133 Å². The molecule has 1 fully saturated rings. The minimum absolute atomic E-state index is 0.740. The molecule has 0 spiro atoms. The number of unbranched alkanes of at least 4 members (excludes halogenated alkanes) is 1. The summed E-state index contributed by atoms with van der Waals surface area (Å²) in [7, 11) is -6.00. The number of nitrogens with zero attached hydrogens (tertiary/aromatic N) is 1. The first-order valence-corrected chi connectivity index (χ1v) is 8.74. The average molecular weight is 325 g/mol. The van der Waals surface area contributed by atoms with Crippen LogP contribution in [0.5, 0.6) is 0 Å². The van der Waals surface area contributed by atoms with Gasteiger partial charge in [-0.3, -0.25) is 0 Å². The van der Waals surface area contributed by atoms with E-state index in [-0.39, 0.29) is 0 Å². The third-order valence-corrected chi connectivity index (χ3v) is 4.44. The maximum absolute atomic E-state index is 9.75. The molecule has 22 heavy (non-hydrogen) atoms. The summed E-state index contributed by atoms with van der Waals surface area (Å²) in [5.41, 5.74) is 1.79. The Kier molecular flexibility index (Phi) is 10.8. The van der Waals surface area contributed by atoms with Crippen molar-refractivity contribution < 1.29 is 21.8 Å². The summed E-state index contributed by atoms with van der Waals surface area (Å²) in [4.78, 5) is 0. The largest absolute Gasteiger partial charge is 0.673 e. The van der Waals surface area contributed by atoms with Gasteiger partial charge in [-0.15, -0.1) is 0 Å². The highest BCUT2D eigenvalue weighted by atomic mass is 19.5. The molecule has 1 aliphatic carbocycles. The first kappa shape index (κ1) is 21.5. The smallest absolute Gasteiger partial charge is 0.418 e. The Bertz CT molecular complexity index is 323. The standard InChI is InChI=1S/C16H32N.BF4/c1-5-8-13-17(14(4)6-2)16-12-10-9-11-15(16)7-3;2-1(3,4)5/h14-15H,5-13H2,1-4H3;/q+1;-1. The third kappa shape index (κ3) is 9.47. The van der Waals surface area contributed by atoms with Crippen LogP contribution >= 0.6 is 0 Å². The van der Waals surface area contributed by atoms with Gasteiger partial charge in [0.2, 0.25) is 0 Å². The van der Waals surface area contributed by atoms with Crippen molar-refractivity contribution in [2.24, 2.45) is 5.92 Å². The van der Waals surface area contributed by atoms with Crippen LogP contribution in [0.2, 0.25) is 0 Å². The molecule has 1 saturated carbocycles. The van der Waals surface area contributed by atoms with Crippen LogP contribution in [-0.4, -0.2) is 30.1 Å². The molecule has 0 amide bonds. The lowest BCUT2D eigenvalue weighted by molar-refractivity contribution is -0.566. The molecule has 0 aromatic carbocycles. The van der Waals surface area contributed by atoms with Crippen LogP contribution < -0.4 is 0 Å².